The van der Waals surface area contributed by atoms with Crippen LogP contribution in [0.3, 0.4) is 0 Å². The molecule has 1 unspecified atom stereocenters. The SMILES string of the molecule is C=CCN(c1ccccc1C(C)O)C1CC1. The van der Waals surface area contributed by atoms with E-state index >= 15 is 0 Å². The fraction of sp³-hybridized carbons (Fsp3) is 0.429. The Labute approximate surface area is 97.2 Å². The van der Waals surface area contributed by atoms with Crippen molar-refractivity contribution in [3.63, 3.8) is 0 Å². The van der Waals surface area contributed by atoms with Gasteiger partial charge in [-0.25, -0.2) is 0 Å². The Morgan fingerprint density at radius 3 is 2.75 bits per heavy atom. The number of anilines is 1. The van der Waals surface area contributed by atoms with Gasteiger partial charge < -0.3 is 10.0 Å². The highest BCUT2D eigenvalue weighted by atomic mass is 16.3. The second-order valence-corrected chi connectivity index (χ2v) is 4.41. The molecule has 1 aliphatic rings. The first kappa shape index (κ1) is 11.2. The maximum Gasteiger partial charge on any atom is 0.0781 e. The van der Waals surface area contributed by atoms with Crippen LogP contribution in [0, 0.1) is 0 Å². The smallest absolute Gasteiger partial charge is 0.0781 e. The maximum atomic E-state index is 9.77. The molecule has 1 N–H and O–H groups in total. The zero-order chi connectivity index (χ0) is 11.5. The predicted molar refractivity (Wildman–Crippen MR) is 67.6 cm³/mol. The van der Waals surface area contributed by atoms with Crippen molar-refractivity contribution in [2.75, 3.05) is 11.4 Å². The summed E-state index contributed by atoms with van der Waals surface area (Å²) >= 11 is 0. The zero-order valence-corrected chi connectivity index (χ0v) is 9.76. The molecule has 86 valence electrons. The first-order valence-electron chi connectivity index (χ1n) is 5.88. The fourth-order valence-corrected chi connectivity index (χ4v) is 2.07. The molecule has 1 fully saturated rings. The van der Waals surface area contributed by atoms with E-state index in [2.05, 4.69) is 17.5 Å². The Hall–Kier alpha value is -1.28. The van der Waals surface area contributed by atoms with E-state index in [1.165, 1.54) is 12.8 Å². The zero-order valence-electron chi connectivity index (χ0n) is 9.76. The van der Waals surface area contributed by atoms with Crippen molar-refractivity contribution in [3.05, 3.63) is 42.5 Å². The monoisotopic (exact) mass is 217 g/mol. The molecular formula is C14H19NO. The number of hydrogen-bond acceptors (Lipinski definition) is 2. The third-order valence-electron chi connectivity index (χ3n) is 3.01. The number of hydrogen-bond donors (Lipinski definition) is 1. The molecular weight excluding hydrogens is 198 g/mol. The lowest BCUT2D eigenvalue weighted by Gasteiger charge is -2.26. The van der Waals surface area contributed by atoms with Gasteiger partial charge in [-0.2, -0.15) is 0 Å². The molecule has 2 heteroatoms. The first-order valence-corrected chi connectivity index (χ1v) is 5.88. The third kappa shape index (κ3) is 2.27. The minimum Gasteiger partial charge on any atom is -0.389 e. The van der Waals surface area contributed by atoms with Crippen molar-refractivity contribution < 1.29 is 5.11 Å². The topological polar surface area (TPSA) is 23.5 Å². The van der Waals surface area contributed by atoms with Crippen molar-refractivity contribution in [3.8, 4) is 0 Å². The molecule has 2 nitrogen and oxygen atoms in total. The molecule has 0 aromatic heterocycles. The Morgan fingerprint density at radius 1 is 1.50 bits per heavy atom. The summed E-state index contributed by atoms with van der Waals surface area (Å²) in [5.74, 6) is 0. The molecule has 0 amide bonds. The van der Waals surface area contributed by atoms with Crippen molar-refractivity contribution in [1.82, 2.24) is 0 Å². The molecule has 0 aliphatic heterocycles. The van der Waals surface area contributed by atoms with Gasteiger partial charge in [0.25, 0.3) is 0 Å². The van der Waals surface area contributed by atoms with E-state index in [0.717, 1.165) is 17.8 Å². The molecule has 1 aromatic rings. The Kier molecular flexibility index (Phi) is 3.30. The summed E-state index contributed by atoms with van der Waals surface area (Å²) in [4.78, 5) is 2.34. The van der Waals surface area contributed by atoms with Crippen molar-refractivity contribution in [2.24, 2.45) is 0 Å². The van der Waals surface area contributed by atoms with E-state index in [4.69, 9.17) is 0 Å². The van der Waals surface area contributed by atoms with Gasteiger partial charge in [0, 0.05) is 23.8 Å². The fourth-order valence-electron chi connectivity index (χ4n) is 2.07. The highest BCUT2D eigenvalue weighted by Crippen LogP contribution is 2.35. The van der Waals surface area contributed by atoms with Crippen LogP contribution >= 0.6 is 0 Å². The van der Waals surface area contributed by atoms with Crippen LogP contribution < -0.4 is 4.90 Å². The van der Waals surface area contributed by atoms with E-state index in [1.54, 1.807) is 0 Å². The molecule has 1 saturated carbocycles. The normalized spacial score (nSPS) is 16.9. The summed E-state index contributed by atoms with van der Waals surface area (Å²) in [5.41, 5.74) is 2.16. The molecule has 0 heterocycles. The first-order chi connectivity index (χ1) is 7.74. The highest BCUT2D eigenvalue weighted by molar-refractivity contribution is 5.56. The van der Waals surface area contributed by atoms with Gasteiger partial charge in [-0.1, -0.05) is 24.3 Å². The summed E-state index contributed by atoms with van der Waals surface area (Å²) in [7, 11) is 0. The number of aliphatic hydroxyl groups excluding tert-OH is 1. The standard InChI is InChI=1S/C14H19NO/c1-3-10-15(12-8-9-12)14-7-5-4-6-13(14)11(2)16/h3-7,11-12,16H,1,8-10H2,2H3. The van der Waals surface area contributed by atoms with Crippen molar-refractivity contribution >= 4 is 5.69 Å². The Morgan fingerprint density at radius 2 is 2.19 bits per heavy atom. The van der Waals surface area contributed by atoms with Crippen LogP contribution in [0.25, 0.3) is 0 Å². The van der Waals surface area contributed by atoms with Crippen LogP contribution in [0.15, 0.2) is 36.9 Å². The van der Waals surface area contributed by atoms with Gasteiger partial charge in [0.05, 0.1) is 6.10 Å². The lowest BCUT2D eigenvalue weighted by atomic mass is 10.1. The molecule has 1 atom stereocenters. The van der Waals surface area contributed by atoms with Crippen molar-refractivity contribution in [2.45, 2.75) is 31.9 Å². The largest absolute Gasteiger partial charge is 0.389 e. The minimum absolute atomic E-state index is 0.415. The molecule has 0 bridgehead atoms. The Bertz CT molecular complexity index is 369. The van der Waals surface area contributed by atoms with Crippen LogP contribution in [0.2, 0.25) is 0 Å². The molecule has 16 heavy (non-hydrogen) atoms. The Balaban J connectivity index is 2.31. The van der Waals surface area contributed by atoms with Gasteiger partial charge >= 0.3 is 0 Å². The summed E-state index contributed by atoms with van der Waals surface area (Å²) in [6, 6.07) is 8.73. The number of nitrogens with zero attached hydrogens (tertiary/aromatic N) is 1. The van der Waals surface area contributed by atoms with Gasteiger partial charge in [0.1, 0.15) is 0 Å². The average molecular weight is 217 g/mol. The quantitative estimate of drug-likeness (QED) is 0.767. The average Bonchev–Trinajstić information content (AvgIpc) is 3.10. The third-order valence-corrected chi connectivity index (χ3v) is 3.01. The molecule has 1 aromatic carbocycles. The summed E-state index contributed by atoms with van der Waals surface area (Å²) < 4.78 is 0. The highest BCUT2D eigenvalue weighted by Gasteiger charge is 2.29. The summed E-state index contributed by atoms with van der Waals surface area (Å²) in [5, 5.41) is 9.77. The minimum atomic E-state index is -0.415. The van der Waals surface area contributed by atoms with Gasteiger partial charge in [0.2, 0.25) is 0 Å². The molecule has 0 radical (unpaired) electrons. The van der Waals surface area contributed by atoms with Gasteiger partial charge in [-0.05, 0) is 25.8 Å². The molecule has 0 saturated heterocycles. The summed E-state index contributed by atoms with van der Waals surface area (Å²) in [6.45, 7) is 6.48. The van der Waals surface area contributed by atoms with Crippen LogP contribution in [0.1, 0.15) is 31.4 Å². The van der Waals surface area contributed by atoms with E-state index < -0.39 is 6.10 Å². The van der Waals surface area contributed by atoms with E-state index in [1.807, 2.05) is 31.2 Å². The van der Waals surface area contributed by atoms with Gasteiger partial charge in [0.15, 0.2) is 0 Å². The van der Waals surface area contributed by atoms with E-state index in [0.29, 0.717) is 6.04 Å². The molecule has 1 aliphatic carbocycles. The number of rotatable bonds is 5. The van der Waals surface area contributed by atoms with E-state index in [9.17, 15) is 5.11 Å². The predicted octanol–water partition coefficient (Wildman–Crippen LogP) is 2.89. The van der Waals surface area contributed by atoms with Crippen LogP contribution in [0.5, 0.6) is 0 Å². The lowest BCUT2D eigenvalue weighted by Crippen LogP contribution is -2.26. The van der Waals surface area contributed by atoms with Crippen LogP contribution in [0.4, 0.5) is 5.69 Å². The maximum absolute atomic E-state index is 9.77. The van der Waals surface area contributed by atoms with Crippen LogP contribution in [-0.2, 0) is 0 Å². The van der Waals surface area contributed by atoms with Gasteiger partial charge in [-0.15, -0.1) is 6.58 Å². The second kappa shape index (κ2) is 4.71. The number of para-hydroxylation sites is 1. The van der Waals surface area contributed by atoms with Gasteiger partial charge in [-0.3, -0.25) is 0 Å². The van der Waals surface area contributed by atoms with E-state index in [-0.39, 0.29) is 0 Å². The summed E-state index contributed by atoms with van der Waals surface area (Å²) in [6.07, 6.45) is 4.02. The lowest BCUT2D eigenvalue weighted by molar-refractivity contribution is 0.199. The van der Waals surface area contributed by atoms with Crippen LogP contribution in [-0.4, -0.2) is 17.7 Å². The molecule has 2 rings (SSSR count). The molecule has 0 spiro atoms. The number of aliphatic hydroxyl groups is 1. The van der Waals surface area contributed by atoms with Crippen molar-refractivity contribution in [1.29, 1.82) is 0 Å². The second-order valence-electron chi connectivity index (χ2n) is 4.41. The number of benzene rings is 1.